The molecule has 2 aromatic rings. The van der Waals surface area contributed by atoms with Gasteiger partial charge in [0.25, 0.3) is 0 Å². The summed E-state index contributed by atoms with van der Waals surface area (Å²) in [5.74, 6) is -2.53. The zero-order valence-electron chi connectivity index (χ0n) is 25.3. The lowest BCUT2D eigenvalue weighted by Gasteiger charge is -2.24. The molecule has 234 valence electrons. The van der Waals surface area contributed by atoms with Crippen LogP contribution in [0.4, 0.5) is 0 Å². The number of hydrogen-bond donors (Lipinski definition) is 5. The first-order valence-electron chi connectivity index (χ1n) is 14.1. The standard InChI is InChI=1S/C31H42N4O8/c1-6-26(37)34-24(15-21-10-8-7-9-11-21)31(41)35-23(12-19(2)3)30(40)33-16-27(38)32-17-28(39)43-29-22(18-36)13-20(4)14-25(29)42-5/h7-11,13-14,19,23-24,36H,6,12,15-18H2,1-5H3,(H,32,38)(H,33,40)(H,34,37)(H,35,41). The van der Waals surface area contributed by atoms with E-state index in [1.165, 1.54) is 7.11 Å². The van der Waals surface area contributed by atoms with E-state index in [2.05, 4.69) is 21.3 Å². The van der Waals surface area contributed by atoms with E-state index in [0.717, 1.165) is 11.1 Å². The van der Waals surface area contributed by atoms with Crippen LogP contribution in [0.15, 0.2) is 42.5 Å². The van der Waals surface area contributed by atoms with Gasteiger partial charge in [0.05, 0.1) is 20.3 Å². The third kappa shape index (κ3) is 11.8. The van der Waals surface area contributed by atoms with Crippen LogP contribution in [0.3, 0.4) is 0 Å². The van der Waals surface area contributed by atoms with E-state index < -0.39 is 48.9 Å². The van der Waals surface area contributed by atoms with Gasteiger partial charge in [-0.05, 0) is 42.5 Å². The van der Waals surface area contributed by atoms with Crippen LogP contribution in [0.25, 0.3) is 0 Å². The molecule has 2 unspecified atom stereocenters. The zero-order valence-corrected chi connectivity index (χ0v) is 25.3. The Balaban J connectivity index is 1.97. The number of hydrogen-bond acceptors (Lipinski definition) is 8. The Kier molecular flexibility index (Phi) is 14.1. The topological polar surface area (TPSA) is 172 Å². The van der Waals surface area contributed by atoms with Crippen molar-refractivity contribution >= 4 is 29.6 Å². The lowest BCUT2D eigenvalue weighted by molar-refractivity contribution is -0.136. The molecular formula is C31H42N4O8. The minimum atomic E-state index is -0.965. The van der Waals surface area contributed by atoms with Gasteiger partial charge in [0.15, 0.2) is 11.5 Å². The molecule has 0 spiro atoms. The van der Waals surface area contributed by atoms with Crippen LogP contribution in [-0.4, -0.2) is 67.0 Å². The summed E-state index contributed by atoms with van der Waals surface area (Å²) in [6, 6.07) is 10.6. The zero-order chi connectivity index (χ0) is 31.9. The van der Waals surface area contributed by atoms with Crippen LogP contribution >= 0.6 is 0 Å². The third-order valence-corrected chi connectivity index (χ3v) is 6.33. The SMILES string of the molecule is CCC(=O)NC(Cc1ccccc1)C(=O)NC(CC(C)C)C(=O)NCC(=O)NCC(=O)Oc1c(CO)cc(C)cc1OC. The first-order chi connectivity index (χ1) is 20.5. The first kappa shape index (κ1) is 34.7. The highest BCUT2D eigenvalue weighted by molar-refractivity contribution is 5.94. The van der Waals surface area contributed by atoms with Gasteiger partial charge in [0, 0.05) is 18.4 Å². The summed E-state index contributed by atoms with van der Waals surface area (Å²) in [4.78, 5) is 63.1. The lowest BCUT2D eigenvalue weighted by Crippen LogP contribution is -2.55. The number of rotatable bonds is 16. The Hall–Kier alpha value is -4.45. The minimum absolute atomic E-state index is 0.0278. The molecule has 0 heterocycles. The van der Waals surface area contributed by atoms with Crippen LogP contribution in [-0.2, 0) is 37.0 Å². The van der Waals surface area contributed by atoms with Gasteiger partial charge < -0.3 is 35.8 Å². The summed E-state index contributed by atoms with van der Waals surface area (Å²) in [7, 11) is 1.40. The van der Waals surface area contributed by atoms with Crippen LogP contribution in [0.1, 0.15) is 50.3 Å². The van der Waals surface area contributed by atoms with Gasteiger partial charge in [0.2, 0.25) is 23.6 Å². The summed E-state index contributed by atoms with van der Waals surface area (Å²) in [6.45, 7) is 5.91. The fraction of sp³-hybridized carbons (Fsp3) is 0.452. The number of ether oxygens (including phenoxy) is 2. The van der Waals surface area contributed by atoms with Crippen LogP contribution < -0.4 is 30.7 Å². The number of esters is 1. The molecule has 0 bridgehead atoms. The Labute approximate surface area is 251 Å². The van der Waals surface area contributed by atoms with Gasteiger partial charge in [0.1, 0.15) is 18.6 Å². The quantitative estimate of drug-likeness (QED) is 0.142. The van der Waals surface area contributed by atoms with Crippen molar-refractivity contribution in [1.29, 1.82) is 0 Å². The largest absolute Gasteiger partial charge is 0.493 e. The van der Waals surface area contributed by atoms with E-state index in [1.54, 1.807) is 26.0 Å². The normalized spacial score (nSPS) is 12.1. The van der Waals surface area contributed by atoms with Crippen molar-refractivity contribution in [2.75, 3.05) is 20.2 Å². The predicted molar refractivity (Wildman–Crippen MR) is 159 cm³/mol. The summed E-state index contributed by atoms with van der Waals surface area (Å²) in [6.07, 6.45) is 0.719. The smallest absolute Gasteiger partial charge is 0.330 e. The molecule has 0 radical (unpaired) electrons. The molecule has 12 nitrogen and oxygen atoms in total. The number of amides is 4. The summed E-state index contributed by atoms with van der Waals surface area (Å²) >= 11 is 0. The van der Waals surface area contributed by atoms with Crippen molar-refractivity contribution < 1.29 is 38.6 Å². The molecule has 0 saturated carbocycles. The van der Waals surface area contributed by atoms with E-state index in [4.69, 9.17) is 9.47 Å². The van der Waals surface area contributed by atoms with E-state index in [9.17, 15) is 29.1 Å². The molecular weight excluding hydrogens is 556 g/mol. The average molecular weight is 599 g/mol. The van der Waals surface area contributed by atoms with E-state index in [0.29, 0.717) is 5.56 Å². The highest BCUT2D eigenvalue weighted by atomic mass is 16.6. The second-order valence-electron chi connectivity index (χ2n) is 10.4. The number of aliphatic hydroxyl groups is 1. The molecule has 2 rings (SSSR count). The molecule has 12 heteroatoms. The Morgan fingerprint density at radius 2 is 1.58 bits per heavy atom. The van der Waals surface area contributed by atoms with Crippen LogP contribution in [0, 0.1) is 12.8 Å². The molecule has 0 aromatic heterocycles. The van der Waals surface area contributed by atoms with Gasteiger partial charge >= 0.3 is 5.97 Å². The summed E-state index contributed by atoms with van der Waals surface area (Å²) < 4.78 is 10.5. The van der Waals surface area contributed by atoms with Crippen LogP contribution in [0.5, 0.6) is 11.5 Å². The second-order valence-corrected chi connectivity index (χ2v) is 10.4. The first-order valence-corrected chi connectivity index (χ1v) is 14.1. The minimum Gasteiger partial charge on any atom is -0.493 e. The molecule has 0 aliphatic carbocycles. The molecule has 4 amide bonds. The number of nitrogens with one attached hydrogen (secondary N) is 4. The van der Waals surface area contributed by atoms with Crippen molar-refractivity contribution in [1.82, 2.24) is 21.3 Å². The number of carbonyl (C=O) groups excluding carboxylic acids is 5. The highest BCUT2D eigenvalue weighted by Crippen LogP contribution is 2.33. The van der Waals surface area contributed by atoms with Crippen molar-refractivity contribution in [3.05, 3.63) is 59.2 Å². The maximum Gasteiger partial charge on any atom is 0.330 e. The fourth-order valence-corrected chi connectivity index (χ4v) is 4.20. The Morgan fingerprint density at radius 1 is 0.884 bits per heavy atom. The molecule has 0 aliphatic rings. The summed E-state index contributed by atoms with van der Waals surface area (Å²) in [5.41, 5.74) is 1.99. The number of benzene rings is 2. The monoisotopic (exact) mass is 598 g/mol. The van der Waals surface area contributed by atoms with E-state index in [-0.39, 0.29) is 49.2 Å². The number of aryl methyl sites for hydroxylation is 1. The van der Waals surface area contributed by atoms with Crippen LogP contribution in [0.2, 0.25) is 0 Å². The number of methoxy groups -OCH3 is 1. The summed E-state index contributed by atoms with van der Waals surface area (Å²) in [5, 5.41) is 19.9. The van der Waals surface area contributed by atoms with Crippen molar-refractivity contribution in [3.8, 4) is 11.5 Å². The Bertz CT molecular complexity index is 1240. The molecule has 2 aromatic carbocycles. The second kappa shape index (κ2) is 17.5. The molecule has 0 aliphatic heterocycles. The Morgan fingerprint density at radius 3 is 2.19 bits per heavy atom. The number of carbonyl (C=O) groups is 5. The average Bonchev–Trinajstić information content (AvgIpc) is 2.98. The molecule has 2 atom stereocenters. The van der Waals surface area contributed by atoms with Crippen molar-refractivity contribution in [3.63, 3.8) is 0 Å². The fourth-order valence-electron chi connectivity index (χ4n) is 4.20. The maximum absolute atomic E-state index is 13.2. The molecule has 43 heavy (non-hydrogen) atoms. The molecule has 0 fully saturated rings. The van der Waals surface area contributed by atoms with Gasteiger partial charge in [-0.1, -0.05) is 51.1 Å². The highest BCUT2D eigenvalue weighted by Gasteiger charge is 2.28. The van der Waals surface area contributed by atoms with Crippen molar-refractivity contribution in [2.24, 2.45) is 5.92 Å². The van der Waals surface area contributed by atoms with Gasteiger partial charge in [-0.2, -0.15) is 0 Å². The lowest BCUT2D eigenvalue weighted by atomic mass is 10.0. The maximum atomic E-state index is 13.2. The van der Waals surface area contributed by atoms with E-state index in [1.807, 2.05) is 44.2 Å². The van der Waals surface area contributed by atoms with Crippen molar-refractivity contribution in [2.45, 2.75) is 65.6 Å². The number of aliphatic hydroxyl groups excluding tert-OH is 1. The molecule has 5 N–H and O–H groups in total. The van der Waals surface area contributed by atoms with E-state index >= 15 is 0 Å². The van der Waals surface area contributed by atoms with Gasteiger partial charge in [-0.15, -0.1) is 0 Å². The third-order valence-electron chi connectivity index (χ3n) is 6.33. The molecule has 0 saturated heterocycles. The van der Waals surface area contributed by atoms with Gasteiger partial charge in [-0.3, -0.25) is 19.2 Å². The van der Waals surface area contributed by atoms with Gasteiger partial charge in [-0.25, -0.2) is 4.79 Å². The predicted octanol–water partition coefficient (Wildman–Crippen LogP) is 1.30.